The zero-order chi connectivity index (χ0) is 28.6. The number of halogens is 3. The summed E-state index contributed by atoms with van der Waals surface area (Å²) in [5, 5.41) is 21.3. The number of H-pyrrole nitrogens is 1. The molecule has 12 heteroatoms. The van der Waals surface area contributed by atoms with Crippen LogP contribution in [0.2, 0.25) is 0 Å². The molecular formula is C29H32F3N9. The first-order valence-corrected chi connectivity index (χ1v) is 13.9. The van der Waals surface area contributed by atoms with Crippen LogP contribution < -0.4 is 5.32 Å². The molecule has 0 unspecified atom stereocenters. The molecule has 2 N–H and O–H groups in total. The molecule has 2 aliphatic rings. The molecule has 0 radical (unpaired) electrons. The minimum absolute atomic E-state index is 0.191. The molecule has 0 atom stereocenters. The number of anilines is 1. The molecule has 0 saturated carbocycles. The van der Waals surface area contributed by atoms with Crippen molar-refractivity contribution in [3.63, 3.8) is 0 Å². The summed E-state index contributed by atoms with van der Waals surface area (Å²) in [7, 11) is 0. The summed E-state index contributed by atoms with van der Waals surface area (Å²) in [6.07, 6.45) is 3.25. The molecule has 214 valence electrons. The van der Waals surface area contributed by atoms with Crippen LogP contribution in [0.25, 0.3) is 10.9 Å². The highest BCUT2D eigenvalue weighted by molar-refractivity contribution is 5.86. The van der Waals surface area contributed by atoms with Gasteiger partial charge >= 0.3 is 6.18 Å². The first-order valence-electron chi connectivity index (χ1n) is 13.9. The van der Waals surface area contributed by atoms with Crippen LogP contribution in [0.5, 0.6) is 0 Å². The van der Waals surface area contributed by atoms with Crippen LogP contribution in [-0.4, -0.2) is 72.9 Å². The van der Waals surface area contributed by atoms with E-state index in [2.05, 4.69) is 55.5 Å². The molecule has 41 heavy (non-hydrogen) atoms. The van der Waals surface area contributed by atoms with Gasteiger partial charge in [0.25, 0.3) is 0 Å². The summed E-state index contributed by atoms with van der Waals surface area (Å²) in [6, 6.07) is 8.85. The van der Waals surface area contributed by atoms with Crippen LogP contribution in [0.15, 0.2) is 36.9 Å². The summed E-state index contributed by atoms with van der Waals surface area (Å²) in [6.45, 7) is 5.02. The Morgan fingerprint density at radius 3 is 2.68 bits per heavy atom. The molecular weight excluding hydrogens is 531 g/mol. The van der Waals surface area contributed by atoms with Gasteiger partial charge in [-0.3, -0.25) is 14.9 Å². The first-order chi connectivity index (χ1) is 19.8. The smallest absolute Gasteiger partial charge is 0.367 e. The third kappa shape index (κ3) is 5.92. The van der Waals surface area contributed by atoms with Crippen molar-refractivity contribution in [3.8, 4) is 6.07 Å². The number of aryl methyl sites for hydroxylation is 1. The van der Waals surface area contributed by atoms with E-state index in [0.717, 1.165) is 60.3 Å². The lowest BCUT2D eigenvalue weighted by atomic mass is 10.00. The number of aromatic nitrogens is 5. The number of piperidine rings is 1. The highest BCUT2D eigenvalue weighted by atomic mass is 19.4. The second-order valence-corrected chi connectivity index (χ2v) is 11.0. The zero-order valence-electron chi connectivity index (χ0n) is 22.9. The first kappa shape index (κ1) is 27.2. The highest BCUT2D eigenvalue weighted by Gasteiger charge is 2.33. The van der Waals surface area contributed by atoms with Gasteiger partial charge in [-0.2, -0.15) is 23.5 Å². The summed E-state index contributed by atoms with van der Waals surface area (Å²) in [5.74, 6) is 0.759. The predicted molar refractivity (Wildman–Crippen MR) is 148 cm³/mol. The van der Waals surface area contributed by atoms with Crippen molar-refractivity contribution in [1.29, 1.82) is 5.26 Å². The SMILES string of the molecule is Cc1c(CN2CCC(Nc3ncnc4c3CCN(CC(F)(F)F)C4)CC2)ccc2c1cc(C#N)n2Cc1cn[nH]c1. The van der Waals surface area contributed by atoms with Crippen molar-refractivity contribution in [3.05, 3.63) is 70.6 Å². The van der Waals surface area contributed by atoms with E-state index >= 15 is 0 Å². The van der Waals surface area contributed by atoms with Gasteiger partial charge in [-0.15, -0.1) is 0 Å². The van der Waals surface area contributed by atoms with Crippen LogP contribution in [0, 0.1) is 18.3 Å². The van der Waals surface area contributed by atoms with Gasteiger partial charge in [0.1, 0.15) is 23.9 Å². The molecule has 0 spiro atoms. The maximum Gasteiger partial charge on any atom is 0.401 e. The van der Waals surface area contributed by atoms with E-state index in [9.17, 15) is 18.4 Å². The average Bonchev–Trinajstić information content (AvgIpc) is 3.59. The number of likely N-dealkylation sites (tertiary alicyclic amines) is 1. The molecule has 1 saturated heterocycles. The molecule has 0 bridgehead atoms. The van der Waals surface area contributed by atoms with Crippen molar-refractivity contribution >= 4 is 16.7 Å². The van der Waals surface area contributed by atoms with Gasteiger partial charge in [-0.05, 0) is 49.4 Å². The third-order valence-corrected chi connectivity index (χ3v) is 8.29. The summed E-state index contributed by atoms with van der Waals surface area (Å²) < 4.78 is 40.6. The number of nitrogens with one attached hydrogen (secondary N) is 2. The fourth-order valence-electron chi connectivity index (χ4n) is 6.09. The number of benzene rings is 1. The molecule has 2 aliphatic heterocycles. The minimum atomic E-state index is -4.21. The van der Waals surface area contributed by atoms with E-state index in [-0.39, 0.29) is 12.6 Å². The number of alkyl halides is 3. The fraction of sp³-hybridized carbons (Fsp3) is 0.448. The maximum absolute atomic E-state index is 12.9. The van der Waals surface area contributed by atoms with E-state index in [1.165, 1.54) is 22.4 Å². The number of nitriles is 1. The van der Waals surface area contributed by atoms with Crippen LogP contribution >= 0.6 is 0 Å². The largest absolute Gasteiger partial charge is 0.401 e. The van der Waals surface area contributed by atoms with Crippen molar-refractivity contribution in [2.75, 3.05) is 31.5 Å². The van der Waals surface area contributed by atoms with Gasteiger partial charge in [0.2, 0.25) is 0 Å². The van der Waals surface area contributed by atoms with Gasteiger partial charge in [-0.1, -0.05) is 6.07 Å². The van der Waals surface area contributed by atoms with E-state index < -0.39 is 12.7 Å². The highest BCUT2D eigenvalue weighted by Crippen LogP contribution is 2.30. The number of fused-ring (bicyclic) bond motifs is 2. The van der Waals surface area contributed by atoms with E-state index in [4.69, 9.17) is 0 Å². The molecule has 1 fully saturated rings. The standard InChI is InChI=1S/C29H32F3N9/c1-19-21(2-3-27-25(19)10-23(11-33)41(27)14-20-12-36-37-13-20)15-39-7-4-22(5-8-39)38-28-24-6-9-40(17-29(30,31)32)16-26(24)34-18-35-28/h2-3,10,12-13,18,22H,4-9,14-17H2,1H3,(H,36,37)(H,34,35,38). The van der Waals surface area contributed by atoms with Gasteiger partial charge < -0.3 is 9.88 Å². The minimum Gasteiger partial charge on any atom is -0.367 e. The molecule has 1 aromatic carbocycles. The number of nitrogens with zero attached hydrogens (tertiary/aromatic N) is 7. The summed E-state index contributed by atoms with van der Waals surface area (Å²) in [4.78, 5) is 12.6. The fourth-order valence-corrected chi connectivity index (χ4v) is 6.09. The second kappa shape index (κ2) is 11.1. The van der Waals surface area contributed by atoms with Crippen molar-refractivity contribution in [2.24, 2.45) is 0 Å². The number of aromatic amines is 1. The molecule has 5 heterocycles. The van der Waals surface area contributed by atoms with E-state index in [1.807, 2.05) is 16.8 Å². The van der Waals surface area contributed by atoms with Crippen LogP contribution in [0.3, 0.4) is 0 Å². The Kier molecular flexibility index (Phi) is 7.40. The van der Waals surface area contributed by atoms with Crippen LogP contribution in [0.1, 0.15) is 46.5 Å². The number of rotatable bonds is 7. The quantitative estimate of drug-likeness (QED) is 0.344. The van der Waals surface area contributed by atoms with E-state index in [0.29, 0.717) is 30.9 Å². The predicted octanol–water partition coefficient (Wildman–Crippen LogP) is 4.38. The Morgan fingerprint density at radius 2 is 1.95 bits per heavy atom. The average molecular weight is 564 g/mol. The Morgan fingerprint density at radius 1 is 1.12 bits per heavy atom. The second-order valence-electron chi connectivity index (χ2n) is 11.0. The van der Waals surface area contributed by atoms with Crippen molar-refractivity contribution < 1.29 is 13.2 Å². The monoisotopic (exact) mass is 563 g/mol. The molecule has 0 amide bonds. The normalized spacial score (nSPS) is 17.0. The van der Waals surface area contributed by atoms with Gasteiger partial charge in [-0.25, -0.2) is 9.97 Å². The molecule has 9 nitrogen and oxygen atoms in total. The molecule has 4 aromatic rings. The topological polar surface area (TPSA) is 102 Å². The van der Waals surface area contributed by atoms with Crippen LogP contribution in [0.4, 0.5) is 19.0 Å². The van der Waals surface area contributed by atoms with Crippen LogP contribution in [-0.2, 0) is 26.1 Å². The maximum atomic E-state index is 12.9. The Balaban J connectivity index is 1.08. The Labute approximate surface area is 236 Å². The lowest BCUT2D eigenvalue weighted by Crippen LogP contribution is -2.40. The third-order valence-electron chi connectivity index (χ3n) is 8.29. The summed E-state index contributed by atoms with van der Waals surface area (Å²) in [5.41, 5.74) is 6.76. The molecule has 0 aliphatic carbocycles. The Hall–Kier alpha value is -3.95. The number of hydrogen-bond acceptors (Lipinski definition) is 7. The Bertz CT molecular complexity index is 1560. The summed E-state index contributed by atoms with van der Waals surface area (Å²) >= 11 is 0. The lowest BCUT2D eigenvalue weighted by molar-refractivity contribution is -0.147. The van der Waals surface area contributed by atoms with Crippen molar-refractivity contribution in [2.45, 2.75) is 58.0 Å². The number of hydrogen-bond donors (Lipinski definition) is 2. The zero-order valence-corrected chi connectivity index (χ0v) is 22.9. The van der Waals surface area contributed by atoms with E-state index in [1.54, 1.807) is 6.20 Å². The molecule has 6 rings (SSSR count). The lowest BCUT2D eigenvalue weighted by Gasteiger charge is -2.34. The van der Waals surface area contributed by atoms with Crippen molar-refractivity contribution in [1.82, 2.24) is 34.5 Å². The van der Waals surface area contributed by atoms with Gasteiger partial charge in [0.15, 0.2) is 0 Å². The molecule has 3 aromatic heterocycles. The van der Waals surface area contributed by atoms with Gasteiger partial charge in [0, 0.05) is 67.0 Å². The van der Waals surface area contributed by atoms with Gasteiger partial charge in [0.05, 0.1) is 25.0 Å².